The summed E-state index contributed by atoms with van der Waals surface area (Å²) in [5.74, 6) is -1.22. The topological polar surface area (TPSA) is 73.6 Å². The van der Waals surface area contributed by atoms with Crippen LogP contribution < -0.4 is 11.1 Å². The molecule has 2 rings (SSSR count). The number of carbonyl (C=O) groups excluding carboxylic acids is 1. The van der Waals surface area contributed by atoms with Gasteiger partial charge in [0.1, 0.15) is 5.82 Å². The molecule has 0 amide bonds. The number of hydrogen-bond donors (Lipinski definition) is 2. The first kappa shape index (κ1) is 12.8. The molecule has 0 spiro atoms. The summed E-state index contributed by atoms with van der Waals surface area (Å²) in [4.78, 5) is 11.4. The van der Waals surface area contributed by atoms with Crippen molar-refractivity contribution in [3.63, 3.8) is 0 Å². The first-order chi connectivity index (χ1) is 8.63. The van der Waals surface area contributed by atoms with Crippen LogP contribution in [-0.2, 0) is 9.47 Å². The van der Waals surface area contributed by atoms with E-state index in [2.05, 4.69) is 10.1 Å². The molecule has 6 heteroatoms. The number of esters is 1. The van der Waals surface area contributed by atoms with Crippen molar-refractivity contribution in [1.29, 1.82) is 0 Å². The fraction of sp³-hybridized carbons (Fsp3) is 0.417. The van der Waals surface area contributed by atoms with E-state index in [4.69, 9.17) is 10.5 Å². The van der Waals surface area contributed by atoms with Crippen LogP contribution in [0.4, 0.5) is 10.1 Å². The SMILES string of the molecule is COC(=O)c1cc(F)c(N)c([C@H]2COCCN2)c1. The van der Waals surface area contributed by atoms with Gasteiger partial charge in [-0.2, -0.15) is 0 Å². The maximum atomic E-state index is 13.7. The number of nitrogens with one attached hydrogen (secondary N) is 1. The third kappa shape index (κ3) is 2.44. The van der Waals surface area contributed by atoms with Crippen LogP contribution in [0, 0.1) is 5.82 Å². The second kappa shape index (κ2) is 5.32. The summed E-state index contributed by atoms with van der Waals surface area (Å²) in [6, 6.07) is 2.41. The first-order valence-corrected chi connectivity index (χ1v) is 5.62. The second-order valence-electron chi connectivity index (χ2n) is 4.03. The molecule has 0 aliphatic carbocycles. The monoisotopic (exact) mass is 254 g/mol. The van der Waals surface area contributed by atoms with Gasteiger partial charge in [-0.15, -0.1) is 0 Å². The van der Waals surface area contributed by atoms with Gasteiger partial charge in [0.2, 0.25) is 0 Å². The molecule has 0 radical (unpaired) electrons. The molecule has 1 aromatic carbocycles. The highest BCUT2D eigenvalue weighted by atomic mass is 19.1. The summed E-state index contributed by atoms with van der Waals surface area (Å²) in [5, 5.41) is 3.16. The Balaban J connectivity index is 2.38. The number of ether oxygens (including phenoxy) is 2. The van der Waals surface area contributed by atoms with E-state index < -0.39 is 11.8 Å². The minimum atomic E-state index is -0.625. The molecular formula is C12H15FN2O3. The van der Waals surface area contributed by atoms with Crippen molar-refractivity contribution in [1.82, 2.24) is 5.32 Å². The van der Waals surface area contributed by atoms with E-state index in [1.807, 2.05) is 0 Å². The van der Waals surface area contributed by atoms with E-state index in [1.54, 1.807) is 0 Å². The molecule has 0 unspecified atom stereocenters. The lowest BCUT2D eigenvalue weighted by atomic mass is 10.0. The lowest BCUT2D eigenvalue weighted by molar-refractivity contribution is 0.0598. The highest BCUT2D eigenvalue weighted by Gasteiger charge is 2.22. The van der Waals surface area contributed by atoms with Gasteiger partial charge in [0.05, 0.1) is 37.6 Å². The van der Waals surface area contributed by atoms with Gasteiger partial charge in [-0.1, -0.05) is 0 Å². The van der Waals surface area contributed by atoms with E-state index >= 15 is 0 Å². The van der Waals surface area contributed by atoms with Gasteiger partial charge < -0.3 is 20.5 Å². The van der Waals surface area contributed by atoms with Crippen LogP contribution in [0.1, 0.15) is 22.0 Å². The fourth-order valence-corrected chi connectivity index (χ4v) is 1.93. The Morgan fingerprint density at radius 2 is 2.39 bits per heavy atom. The molecule has 1 aromatic rings. The van der Waals surface area contributed by atoms with Crippen molar-refractivity contribution < 1.29 is 18.7 Å². The molecule has 0 bridgehead atoms. The highest BCUT2D eigenvalue weighted by molar-refractivity contribution is 5.90. The van der Waals surface area contributed by atoms with Crippen molar-refractivity contribution in [3.8, 4) is 0 Å². The van der Waals surface area contributed by atoms with E-state index in [0.717, 1.165) is 6.07 Å². The number of methoxy groups -OCH3 is 1. The summed E-state index contributed by atoms with van der Waals surface area (Å²) < 4.78 is 23.6. The van der Waals surface area contributed by atoms with Crippen molar-refractivity contribution >= 4 is 11.7 Å². The summed E-state index contributed by atoms with van der Waals surface area (Å²) in [5.41, 5.74) is 6.40. The Hall–Kier alpha value is -1.66. The van der Waals surface area contributed by atoms with Crippen LogP contribution in [-0.4, -0.2) is 32.8 Å². The number of benzene rings is 1. The van der Waals surface area contributed by atoms with Crippen LogP contribution in [0.15, 0.2) is 12.1 Å². The zero-order chi connectivity index (χ0) is 13.1. The Labute approximate surface area is 104 Å². The molecule has 98 valence electrons. The third-order valence-corrected chi connectivity index (χ3v) is 2.88. The highest BCUT2D eigenvalue weighted by Crippen LogP contribution is 2.26. The lowest BCUT2D eigenvalue weighted by Crippen LogP contribution is -2.35. The van der Waals surface area contributed by atoms with Gasteiger partial charge in [-0.05, 0) is 17.7 Å². The molecule has 18 heavy (non-hydrogen) atoms. The van der Waals surface area contributed by atoms with Gasteiger partial charge in [-0.3, -0.25) is 0 Å². The van der Waals surface area contributed by atoms with E-state index in [0.29, 0.717) is 25.3 Å². The summed E-state index contributed by atoms with van der Waals surface area (Å²) in [6.07, 6.45) is 0. The summed E-state index contributed by atoms with van der Waals surface area (Å²) in [7, 11) is 1.25. The second-order valence-corrected chi connectivity index (χ2v) is 4.03. The predicted octanol–water partition coefficient (Wildman–Crippen LogP) is 0.855. The number of morpholine rings is 1. The quantitative estimate of drug-likeness (QED) is 0.604. The Bertz CT molecular complexity index is 459. The predicted molar refractivity (Wildman–Crippen MR) is 63.7 cm³/mol. The minimum Gasteiger partial charge on any atom is -0.465 e. The molecule has 3 N–H and O–H groups in total. The number of hydrogen-bond acceptors (Lipinski definition) is 5. The number of anilines is 1. The number of nitrogens with two attached hydrogens (primary N) is 1. The number of nitrogen functional groups attached to an aromatic ring is 1. The molecule has 1 aliphatic rings. The Kier molecular flexibility index (Phi) is 3.78. The third-order valence-electron chi connectivity index (χ3n) is 2.88. The van der Waals surface area contributed by atoms with Crippen molar-refractivity contribution in [3.05, 3.63) is 29.1 Å². The Morgan fingerprint density at radius 3 is 3.00 bits per heavy atom. The molecule has 1 atom stereocenters. The molecule has 5 nitrogen and oxygen atoms in total. The first-order valence-electron chi connectivity index (χ1n) is 5.62. The van der Waals surface area contributed by atoms with Crippen LogP contribution >= 0.6 is 0 Å². The normalized spacial score (nSPS) is 19.6. The minimum absolute atomic E-state index is 0.0330. The maximum Gasteiger partial charge on any atom is 0.337 e. The molecule has 1 saturated heterocycles. The number of halogens is 1. The van der Waals surface area contributed by atoms with E-state index in [-0.39, 0.29) is 17.3 Å². The lowest BCUT2D eigenvalue weighted by Gasteiger charge is -2.25. The average Bonchev–Trinajstić information content (AvgIpc) is 2.41. The molecule has 1 aliphatic heterocycles. The molecule has 0 saturated carbocycles. The van der Waals surface area contributed by atoms with E-state index in [9.17, 15) is 9.18 Å². The molecule has 0 aromatic heterocycles. The smallest absolute Gasteiger partial charge is 0.337 e. The largest absolute Gasteiger partial charge is 0.465 e. The van der Waals surface area contributed by atoms with Crippen molar-refractivity contribution in [2.75, 3.05) is 32.6 Å². The number of rotatable bonds is 2. The van der Waals surface area contributed by atoms with Gasteiger partial charge >= 0.3 is 5.97 Å². The van der Waals surface area contributed by atoms with Crippen molar-refractivity contribution in [2.45, 2.75) is 6.04 Å². The maximum absolute atomic E-state index is 13.7. The van der Waals surface area contributed by atoms with Crippen LogP contribution in [0.25, 0.3) is 0 Å². The molecule has 1 heterocycles. The van der Waals surface area contributed by atoms with Gasteiger partial charge in [0.25, 0.3) is 0 Å². The molecule has 1 fully saturated rings. The van der Waals surface area contributed by atoms with Crippen LogP contribution in [0.2, 0.25) is 0 Å². The average molecular weight is 254 g/mol. The number of carbonyl (C=O) groups is 1. The standard InChI is InChI=1S/C12H15FN2O3/c1-17-12(16)7-4-8(11(14)9(13)5-7)10-6-18-3-2-15-10/h4-5,10,15H,2-3,6,14H2,1H3/t10-/m1/s1. The Morgan fingerprint density at radius 1 is 1.61 bits per heavy atom. The van der Waals surface area contributed by atoms with E-state index in [1.165, 1.54) is 13.2 Å². The zero-order valence-corrected chi connectivity index (χ0v) is 10.0. The summed E-state index contributed by atoms with van der Waals surface area (Å²) in [6.45, 7) is 1.66. The van der Waals surface area contributed by atoms with Crippen LogP contribution in [0.3, 0.4) is 0 Å². The molecular weight excluding hydrogens is 239 g/mol. The van der Waals surface area contributed by atoms with Gasteiger partial charge in [0, 0.05) is 6.54 Å². The van der Waals surface area contributed by atoms with Gasteiger partial charge in [-0.25, -0.2) is 9.18 Å². The van der Waals surface area contributed by atoms with Crippen LogP contribution in [0.5, 0.6) is 0 Å². The van der Waals surface area contributed by atoms with Gasteiger partial charge in [0.15, 0.2) is 0 Å². The summed E-state index contributed by atoms with van der Waals surface area (Å²) >= 11 is 0. The zero-order valence-electron chi connectivity index (χ0n) is 10.0. The fourth-order valence-electron chi connectivity index (χ4n) is 1.93. The van der Waals surface area contributed by atoms with Crippen molar-refractivity contribution in [2.24, 2.45) is 0 Å².